The van der Waals surface area contributed by atoms with Gasteiger partial charge in [0.25, 0.3) is 5.69 Å². The van der Waals surface area contributed by atoms with Crippen LogP contribution >= 0.6 is 0 Å². The van der Waals surface area contributed by atoms with Crippen LogP contribution in [-0.2, 0) is 0 Å². The first kappa shape index (κ1) is 18.1. The molecule has 9 nitrogen and oxygen atoms in total. The van der Waals surface area contributed by atoms with Crippen LogP contribution in [0.1, 0.15) is 22.5 Å². The number of nitrogens with zero attached hydrogens (tertiary/aromatic N) is 3. The zero-order valence-corrected chi connectivity index (χ0v) is 14.8. The number of nitrogens with one attached hydrogen (secondary N) is 1. The van der Waals surface area contributed by atoms with Gasteiger partial charge in [0.1, 0.15) is 11.3 Å². The number of hydrogen-bond acceptors (Lipinski definition) is 7. The molecule has 0 saturated carbocycles. The highest BCUT2D eigenvalue weighted by Gasteiger charge is 2.19. The fraction of sp³-hybridized carbons (Fsp3) is 0.167. The van der Waals surface area contributed by atoms with Gasteiger partial charge in [0.05, 0.1) is 22.1 Å². The number of aryl methyl sites for hydroxylation is 3. The van der Waals surface area contributed by atoms with Crippen LogP contribution in [0.25, 0.3) is 11.0 Å². The van der Waals surface area contributed by atoms with Crippen LogP contribution < -0.4 is 5.43 Å². The van der Waals surface area contributed by atoms with Crippen molar-refractivity contribution in [3.8, 4) is 0 Å². The maximum Gasteiger partial charge on any atom is 0.301 e. The van der Waals surface area contributed by atoms with Crippen molar-refractivity contribution in [1.29, 1.82) is 0 Å². The Balaban J connectivity index is 1.90. The summed E-state index contributed by atoms with van der Waals surface area (Å²) in [6.07, 6.45) is 1.42. The van der Waals surface area contributed by atoms with Crippen LogP contribution in [-0.4, -0.2) is 16.1 Å². The summed E-state index contributed by atoms with van der Waals surface area (Å²) in [5.41, 5.74) is 5.68. The van der Waals surface area contributed by atoms with E-state index in [-0.39, 0.29) is 11.4 Å². The van der Waals surface area contributed by atoms with Crippen molar-refractivity contribution in [2.24, 2.45) is 5.10 Å². The third-order valence-electron chi connectivity index (χ3n) is 4.35. The number of rotatable bonds is 5. The lowest BCUT2D eigenvalue weighted by Gasteiger charge is -2.01. The molecule has 0 spiro atoms. The highest BCUT2D eigenvalue weighted by molar-refractivity contribution is 5.92. The molecule has 2 aromatic carbocycles. The molecule has 0 amide bonds. The summed E-state index contributed by atoms with van der Waals surface area (Å²) < 4.78 is 5.79. The number of anilines is 1. The minimum atomic E-state index is -0.706. The van der Waals surface area contributed by atoms with Gasteiger partial charge in [0, 0.05) is 17.0 Å². The van der Waals surface area contributed by atoms with E-state index in [1.807, 2.05) is 32.9 Å². The number of hydrogen-bond donors (Lipinski definition) is 1. The van der Waals surface area contributed by atoms with Crippen molar-refractivity contribution in [1.82, 2.24) is 0 Å². The topological polar surface area (TPSA) is 124 Å². The Kier molecular flexibility index (Phi) is 4.59. The quantitative estimate of drug-likeness (QED) is 0.398. The van der Waals surface area contributed by atoms with E-state index >= 15 is 0 Å². The molecule has 0 aliphatic rings. The molecule has 0 radical (unpaired) electrons. The molecule has 0 saturated heterocycles. The second-order valence-corrected chi connectivity index (χ2v) is 6.11. The summed E-state index contributed by atoms with van der Waals surface area (Å²) in [4.78, 5) is 20.5. The second-order valence-electron chi connectivity index (χ2n) is 6.11. The molecule has 138 valence electrons. The summed E-state index contributed by atoms with van der Waals surface area (Å²) in [5.74, 6) is 0.520. The third kappa shape index (κ3) is 3.47. The smallest absolute Gasteiger partial charge is 0.301 e. The Morgan fingerprint density at radius 3 is 2.41 bits per heavy atom. The molecular weight excluding hydrogens is 352 g/mol. The molecule has 1 aromatic heterocycles. The number of hydrazone groups is 1. The molecule has 1 N–H and O–H groups in total. The highest BCUT2D eigenvalue weighted by Crippen LogP contribution is 2.29. The fourth-order valence-electron chi connectivity index (χ4n) is 2.66. The zero-order chi connectivity index (χ0) is 19.7. The minimum Gasteiger partial charge on any atom is -0.455 e. The SMILES string of the molecule is Cc1cc2oc(/C=N/Nc3ccc([N+](=O)[O-])cc3[N+](=O)[O-])c(C)c2cc1C. The molecule has 9 heteroatoms. The van der Waals surface area contributed by atoms with E-state index < -0.39 is 15.5 Å². The summed E-state index contributed by atoms with van der Waals surface area (Å²) in [6.45, 7) is 5.91. The van der Waals surface area contributed by atoms with Crippen LogP contribution in [0.5, 0.6) is 0 Å². The maximum absolute atomic E-state index is 11.1. The lowest BCUT2D eigenvalue weighted by molar-refractivity contribution is -0.393. The Bertz CT molecular complexity index is 1100. The number of nitro groups is 2. The molecule has 1 heterocycles. The molecule has 3 aromatic rings. The number of non-ortho nitro benzene ring substituents is 1. The van der Waals surface area contributed by atoms with E-state index in [0.717, 1.165) is 33.7 Å². The first-order valence-electron chi connectivity index (χ1n) is 8.00. The predicted octanol–water partition coefficient (Wildman–Crippen LogP) is 4.62. The molecule has 0 unspecified atom stereocenters. The molecule has 27 heavy (non-hydrogen) atoms. The van der Waals surface area contributed by atoms with Crippen molar-refractivity contribution in [3.05, 3.63) is 73.0 Å². The average Bonchev–Trinajstić information content (AvgIpc) is 2.91. The zero-order valence-electron chi connectivity index (χ0n) is 14.8. The first-order valence-corrected chi connectivity index (χ1v) is 8.00. The van der Waals surface area contributed by atoms with E-state index in [1.165, 1.54) is 18.3 Å². The second kappa shape index (κ2) is 6.87. The van der Waals surface area contributed by atoms with Gasteiger partial charge in [0.15, 0.2) is 5.76 Å². The Labute approximate surface area is 153 Å². The molecule has 0 bridgehead atoms. The van der Waals surface area contributed by atoms with Gasteiger partial charge in [-0.15, -0.1) is 0 Å². The van der Waals surface area contributed by atoms with Gasteiger partial charge in [-0.25, -0.2) is 0 Å². The van der Waals surface area contributed by atoms with Crippen LogP contribution in [0, 0.1) is 41.0 Å². The Morgan fingerprint density at radius 2 is 1.74 bits per heavy atom. The highest BCUT2D eigenvalue weighted by atomic mass is 16.6. The van der Waals surface area contributed by atoms with Crippen molar-refractivity contribution in [2.75, 3.05) is 5.43 Å². The number of fused-ring (bicyclic) bond motifs is 1. The van der Waals surface area contributed by atoms with Crippen LogP contribution in [0.2, 0.25) is 0 Å². The van der Waals surface area contributed by atoms with Gasteiger partial charge in [-0.3, -0.25) is 25.7 Å². The van der Waals surface area contributed by atoms with Crippen molar-refractivity contribution in [3.63, 3.8) is 0 Å². The van der Waals surface area contributed by atoms with Crippen LogP contribution in [0.15, 0.2) is 39.9 Å². The molecular formula is C18H16N4O5. The Hall–Kier alpha value is -3.75. The summed E-state index contributed by atoms with van der Waals surface area (Å²) >= 11 is 0. The summed E-state index contributed by atoms with van der Waals surface area (Å²) in [7, 11) is 0. The average molecular weight is 368 g/mol. The van der Waals surface area contributed by atoms with Crippen LogP contribution in [0.3, 0.4) is 0 Å². The van der Waals surface area contributed by atoms with Gasteiger partial charge in [-0.1, -0.05) is 0 Å². The van der Waals surface area contributed by atoms with Crippen molar-refractivity contribution < 1.29 is 14.3 Å². The monoisotopic (exact) mass is 368 g/mol. The van der Waals surface area contributed by atoms with Crippen LogP contribution in [0.4, 0.5) is 17.1 Å². The number of furan rings is 1. The molecule has 3 rings (SSSR count). The van der Waals surface area contributed by atoms with Gasteiger partial charge in [-0.2, -0.15) is 5.10 Å². The van der Waals surface area contributed by atoms with Crippen molar-refractivity contribution >= 4 is 34.2 Å². The molecule has 0 atom stereocenters. The molecule has 0 aliphatic heterocycles. The maximum atomic E-state index is 11.1. The van der Waals surface area contributed by atoms with E-state index in [2.05, 4.69) is 10.5 Å². The lowest BCUT2D eigenvalue weighted by Crippen LogP contribution is -1.98. The summed E-state index contributed by atoms with van der Waals surface area (Å²) in [6, 6.07) is 7.28. The summed E-state index contributed by atoms with van der Waals surface area (Å²) in [5, 5.41) is 26.9. The van der Waals surface area contributed by atoms with Gasteiger partial charge >= 0.3 is 5.69 Å². The van der Waals surface area contributed by atoms with E-state index in [9.17, 15) is 20.2 Å². The van der Waals surface area contributed by atoms with Crippen molar-refractivity contribution in [2.45, 2.75) is 20.8 Å². The minimum absolute atomic E-state index is 0.0438. The van der Waals surface area contributed by atoms with E-state index in [0.29, 0.717) is 5.76 Å². The molecule has 0 aliphatic carbocycles. The van der Waals surface area contributed by atoms with E-state index in [1.54, 1.807) is 0 Å². The lowest BCUT2D eigenvalue weighted by atomic mass is 10.1. The standard InChI is InChI=1S/C18H16N4O5/c1-10-6-14-12(3)18(27-17(14)7-11(10)2)9-19-20-15-5-4-13(21(23)24)8-16(15)22(25)26/h4-9,20H,1-3H3/b19-9+. The predicted molar refractivity (Wildman–Crippen MR) is 101 cm³/mol. The normalized spacial score (nSPS) is 11.2. The van der Waals surface area contributed by atoms with Gasteiger partial charge in [0.2, 0.25) is 0 Å². The first-order chi connectivity index (χ1) is 12.8. The largest absolute Gasteiger partial charge is 0.455 e. The van der Waals surface area contributed by atoms with E-state index in [4.69, 9.17) is 4.42 Å². The third-order valence-corrected chi connectivity index (χ3v) is 4.35. The number of nitro benzene ring substituents is 2. The fourth-order valence-corrected chi connectivity index (χ4v) is 2.66. The van der Waals surface area contributed by atoms with Gasteiger partial charge < -0.3 is 4.42 Å². The van der Waals surface area contributed by atoms with Gasteiger partial charge in [-0.05, 0) is 50.1 Å². The molecule has 0 fully saturated rings. The Morgan fingerprint density at radius 1 is 1.04 bits per heavy atom. The number of benzene rings is 2.